The first-order chi connectivity index (χ1) is 8.74. The molecule has 1 fully saturated rings. The normalized spacial score (nSPS) is 21.2. The van der Waals surface area contributed by atoms with Gasteiger partial charge in [-0.1, -0.05) is 36.2 Å². The summed E-state index contributed by atoms with van der Waals surface area (Å²) in [5, 5.41) is 5.04. The summed E-state index contributed by atoms with van der Waals surface area (Å²) in [6, 6.07) is 5.88. The fraction of sp³-hybridized carbons (Fsp3) is 0.571. The van der Waals surface area contributed by atoms with Gasteiger partial charge in [-0.05, 0) is 31.5 Å². The van der Waals surface area contributed by atoms with Gasteiger partial charge in [-0.3, -0.25) is 0 Å². The molecule has 1 aromatic rings. The predicted octanol–water partition coefficient (Wildman–Crippen LogP) is 4.07. The summed E-state index contributed by atoms with van der Waals surface area (Å²) in [7, 11) is 0. The molecule has 4 heteroatoms. The highest BCUT2D eigenvalue weighted by Gasteiger charge is 2.29. The van der Waals surface area contributed by atoms with Crippen LogP contribution < -0.4 is 5.32 Å². The SMILES string of the molecule is CCCNC(c1c(Cl)cccc1Cl)C1CCOC1. The first kappa shape index (κ1) is 14.1. The van der Waals surface area contributed by atoms with Crippen LogP contribution in [0.25, 0.3) is 0 Å². The Hall–Kier alpha value is -0.280. The van der Waals surface area contributed by atoms with E-state index in [2.05, 4.69) is 12.2 Å². The highest BCUT2D eigenvalue weighted by Crippen LogP contribution is 2.37. The van der Waals surface area contributed by atoms with Crippen LogP contribution in [0, 0.1) is 5.92 Å². The monoisotopic (exact) mass is 287 g/mol. The van der Waals surface area contributed by atoms with Gasteiger partial charge in [0, 0.05) is 34.2 Å². The van der Waals surface area contributed by atoms with Gasteiger partial charge in [-0.2, -0.15) is 0 Å². The molecule has 18 heavy (non-hydrogen) atoms. The Balaban J connectivity index is 2.26. The van der Waals surface area contributed by atoms with E-state index in [-0.39, 0.29) is 6.04 Å². The van der Waals surface area contributed by atoms with E-state index in [1.165, 1.54) is 0 Å². The van der Waals surface area contributed by atoms with Crippen molar-refractivity contribution in [2.75, 3.05) is 19.8 Å². The van der Waals surface area contributed by atoms with Crippen LogP contribution in [0.3, 0.4) is 0 Å². The summed E-state index contributed by atoms with van der Waals surface area (Å²) in [5.74, 6) is 0.453. The van der Waals surface area contributed by atoms with Crippen LogP contribution in [0.1, 0.15) is 31.4 Å². The van der Waals surface area contributed by atoms with Gasteiger partial charge in [-0.15, -0.1) is 0 Å². The van der Waals surface area contributed by atoms with E-state index in [4.69, 9.17) is 27.9 Å². The Labute approximate surface area is 119 Å². The standard InChI is InChI=1S/C14H19Cl2NO/c1-2-7-17-14(10-6-8-18-9-10)13-11(15)4-3-5-12(13)16/h3-5,10,14,17H,2,6-9H2,1H3. The quantitative estimate of drug-likeness (QED) is 0.881. The molecule has 1 N–H and O–H groups in total. The van der Waals surface area contributed by atoms with E-state index in [0.29, 0.717) is 5.92 Å². The van der Waals surface area contributed by atoms with Crippen molar-refractivity contribution >= 4 is 23.2 Å². The van der Waals surface area contributed by atoms with Crippen LogP contribution in [0.2, 0.25) is 10.0 Å². The summed E-state index contributed by atoms with van der Waals surface area (Å²) < 4.78 is 5.49. The molecule has 1 heterocycles. The van der Waals surface area contributed by atoms with E-state index in [1.807, 2.05) is 18.2 Å². The molecule has 0 spiro atoms. The van der Waals surface area contributed by atoms with E-state index in [9.17, 15) is 0 Å². The number of halogens is 2. The summed E-state index contributed by atoms with van der Waals surface area (Å²) in [4.78, 5) is 0. The molecule has 1 aromatic carbocycles. The maximum atomic E-state index is 6.32. The van der Waals surface area contributed by atoms with E-state index < -0.39 is 0 Å². The molecule has 2 nitrogen and oxygen atoms in total. The lowest BCUT2D eigenvalue weighted by Gasteiger charge is -2.26. The maximum Gasteiger partial charge on any atom is 0.0513 e. The molecule has 0 aliphatic carbocycles. The Kier molecular flexibility index (Phi) is 5.31. The molecule has 1 aliphatic rings. The van der Waals surface area contributed by atoms with Crippen LogP contribution >= 0.6 is 23.2 Å². The van der Waals surface area contributed by atoms with Gasteiger partial charge in [0.05, 0.1) is 6.61 Å². The highest BCUT2D eigenvalue weighted by molar-refractivity contribution is 6.36. The average molecular weight is 288 g/mol. The zero-order valence-corrected chi connectivity index (χ0v) is 12.1. The fourth-order valence-electron chi connectivity index (χ4n) is 2.43. The number of hydrogen-bond acceptors (Lipinski definition) is 2. The van der Waals surface area contributed by atoms with Crippen molar-refractivity contribution in [3.63, 3.8) is 0 Å². The molecule has 100 valence electrons. The third kappa shape index (κ3) is 3.18. The van der Waals surface area contributed by atoms with Crippen molar-refractivity contribution in [1.82, 2.24) is 5.32 Å². The molecular weight excluding hydrogens is 269 g/mol. The zero-order valence-electron chi connectivity index (χ0n) is 10.6. The van der Waals surface area contributed by atoms with Crippen LogP contribution in [0.4, 0.5) is 0 Å². The second-order valence-corrected chi connectivity index (χ2v) is 5.51. The van der Waals surface area contributed by atoms with Gasteiger partial charge in [0.15, 0.2) is 0 Å². The zero-order chi connectivity index (χ0) is 13.0. The number of hydrogen-bond donors (Lipinski definition) is 1. The minimum absolute atomic E-state index is 0.189. The van der Waals surface area contributed by atoms with Crippen LogP contribution in [0.5, 0.6) is 0 Å². The minimum Gasteiger partial charge on any atom is -0.381 e. The van der Waals surface area contributed by atoms with E-state index >= 15 is 0 Å². The van der Waals surface area contributed by atoms with Gasteiger partial charge < -0.3 is 10.1 Å². The third-order valence-corrected chi connectivity index (χ3v) is 4.02. The summed E-state index contributed by atoms with van der Waals surface area (Å²) in [6.45, 7) is 4.73. The average Bonchev–Trinajstić information content (AvgIpc) is 2.86. The van der Waals surface area contributed by atoms with Crippen molar-refractivity contribution in [1.29, 1.82) is 0 Å². The summed E-state index contributed by atoms with van der Waals surface area (Å²) in [6.07, 6.45) is 2.15. The Morgan fingerprint density at radius 3 is 2.67 bits per heavy atom. The van der Waals surface area contributed by atoms with Crippen molar-refractivity contribution in [2.24, 2.45) is 5.92 Å². The molecule has 1 aliphatic heterocycles. The van der Waals surface area contributed by atoms with Crippen LogP contribution in [-0.4, -0.2) is 19.8 Å². The lowest BCUT2D eigenvalue weighted by molar-refractivity contribution is 0.176. The van der Waals surface area contributed by atoms with Gasteiger partial charge in [0.1, 0.15) is 0 Å². The Bertz CT molecular complexity index is 371. The topological polar surface area (TPSA) is 21.3 Å². The van der Waals surface area contributed by atoms with Crippen molar-refractivity contribution in [2.45, 2.75) is 25.8 Å². The second kappa shape index (κ2) is 6.76. The number of benzene rings is 1. The molecule has 2 unspecified atom stereocenters. The van der Waals surface area contributed by atoms with Crippen molar-refractivity contribution in [3.8, 4) is 0 Å². The smallest absolute Gasteiger partial charge is 0.0513 e. The predicted molar refractivity (Wildman–Crippen MR) is 76.4 cm³/mol. The van der Waals surface area contributed by atoms with E-state index in [1.54, 1.807) is 0 Å². The lowest BCUT2D eigenvalue weighted by Crippen LogP contribution is -2.30. The molecule has 0 aromatic heterocycles. The summed E-state index contributed by atoms with van der Waals surface area (Å²) >= 11 is 12.6. The first-order valence-corrected chi connectivity index (χ1v) is 7.24. The Morgan fingerprint density at radius 1 is 1.39 bits per heavy atom. The van der Waals surface area contributed by atoms with Crippen molar-refractivity contribution < 1.29 is 4.74 Å². The molecule has 1 saturated heterocycles. The van der Waals surface area contributed by atoms with Gasteiger partial charge >= 0.3 is 0 Å². The molecule has 2 rings (SSSR count). The minimum atomic E-state index is 0.189. The van der Waals surface area contributed by atoms with Gasteiger partial charge in [0.2, 0.25) is 0 Å². The summed E-state index contributed by atoms with van der Waals surface area (Å²) in [5.41, 5.74) is 1.02. The largest absolute Gasteiger partial charge is 0.381 e. The molecule has 0 radical (unpaired) electrons. The maximum absolute atomic E-state index is 6.32. The van der Waals surface area contributed by atoms with Crippen molar-refractivity contribution in [3.05, 3.63) is 33.8 Å². The molecule has 0 saturated carbocycles. The Morgan fingerprint density at radius 2 is 2.11 bits per heavy atom. The molecular formula is C14H19Cl2NO. The van der Waals surface area contributed by atoms with Crippen LogP contribution in [-0.2, 0) is 4.74 Å². The number of ether oxygens (including phenoxy) is 1. The van der Waals surface area contributed by atoms with Crippen LogP contribution in [0.15, 0.2) is 18.2 Å². The van der Waals surface area contributed by atoms with E-state index in [0.717, 1.165) is 48.2 Å². The first-order valence-electron chi connectivity index (χ1n) is 6.49. The molecule has 0 amide bonds. The highest BCUT2D eigenvalue weighted by atomic mass is 35.5. The number of rotatable bonds is 5. The second-order valence-electron chi connectivity index (χ2n) is 4.69. The number of nitrogens with one attached hydrogen (secondary N) is 1. The fourth-order valence-corrected chi connectivity index (χ4v) is 3.06. The lowest BCUT2D eigenvalue weighted by atomic mass is 9.92. The third-order valence-electron chi connectivity index (χ3n) is 3.36. The molecule has 0 bridgehead atoms. The van der Waals surface area contributed by atoms with Gasteiger partial charge in [0.25, 0.3) is 0 Å². The molecule has 2 atom stereocenters. The van der Waals surface area contributed by atoms with Gasteiger partial charge in [-0.25, -0.2) is 0 Å².